The van der Waals surface area contributed by atoms with Crippen LogP contribution < -0.4 is 0 Å². The van der Waals surface area contributed by atoms with Gasteiger partial charge in [-0.2, -0.15) is 0 Å². The highest BCUT2D eigenvalue weighted by Crippen LogP contribution is 2.28. The van der Waals surface area contributed by atoms with Gasteiger partial charge in [-0.3, -0.25) is 9.59 Å². The molecule has 3 atom stereocenters. The molecule has 5 nitrogen and oxygen atoms in total. The lowest BCUT2D eigenvalue weighted by molar-refractivity contribution is -0.152. The van der Waals surface area contributed by atoms with Gasteiger partial charge in [0, 0.05) is 19.1 Å². The summed E-state index contributed by atoms with van der Waals surface area (Å²) in [6.07, 6.45) is 1.31. The Kier molecular flexibility index (Phi) is 4.63. The summed E-state index contributed by atoms with van der Waals surface area (Å²) >= 11 is 0. The van der Waals surface area contributed by atoms with Crippen LogP contribution in [0.4, 0.5) is 0 Å². The third-order valence-corrected chi connectivity index (χ3v) is 5.56. The predicted molar refractivity (Wildman–Crippen MR) is 93.7 cm³/mol. The number of benzene rings is 1. The van der Waals surface area contributed by atoms with Gasteiger partial charge in [-0.1, -0.05) is 24.3 Å². The lowest BCUT2D eigenvalue weighted by Crippen LogP contribution is -2.60. The number of carbonyl (C=O) groups is 2. The van der Waals surface area contributed by atoms with E-state index in [0.717, 1.165) is 24.1 Å². The van der Waals surface area contributed by atoms with Gasteiger partial charge in [0.1, 0.15) is 6.04 Å². The van der Waals surface area contributed by atoms with Crippen LogP contribution >= 0.6 is 0 Å². The molecule has 2 heterocycles. The minimum atomic E-state index is -0.362. The van der Waals surface area contributed by atoms with E-state index >= 15 is 0 Å². The molecule has 3 rings (SSSR count). The molecular weight excluding hydrogens is 302 g/mol. The van der Waals surface area contributed by atoms with Gasteiger partial charge < -0.3 is 14.7 Å². The first-order valence-corrected chi connectivity index (χ1v) is 8.69. The Balaban J connectivity index is 1.74. The molecule has 0 saturated carbocycles. The second-order valence-electron chi connectivity index (χ2n) is 7.32. The van der Waals surface area contributed by atoms with Crippen molar-refractivity contribution in [3.8, 4) is 0 Å². The SMILES string of the molecule is Cc1ccccc1CC(=O)N1C[C@@H]2C[C@H](N(C)C)CN2C(=O)[C@@H]1C. The molecule has 130 valence electrons. The summed E-state index contributed by atoms with van der Waals surface area (Å²) in [5, 5.41) is 0. The average Bonchev–Trinajstić information content (AvgIpc) is 2.97. The Morgan fingerprint density at radius 1 is 1.25 bits per heavy atom. The fraction of sp³-hybridized carbons (Fsp3) is 0.579. The molecule has 2 aliphatic rings. The van der Waals surface area contributed by atoms with Crippen molar-refractivity contribution in [2.75, 3.05) is 27.2 Å². The van der Waals surface area contributed by atoms with E-state index in [1.165, 1.54) is 0 Å². The number of hydrogen-bond acceptors (Lipinski definition) is 3. The minimum absolute atomic E-state index is 0.0538. The second-order valence-corrected chi connectivity index (χ2v) is 7.32. The maximum atomic E-state index is 12.8. The van der Waals surface area contributed by atoms with Crippen molar-refractivity contribution in [2.45, 2.75) is 44.8 Å². The molecule has 0 aliphatic carbocycles. The molecule has 0 spiro atoms. The molecule has 0 aromatic heterocycles. The molecule has 1 aromatic rings. The van der Waals surface area contributed by atoms with Crippen LogP contribution in [0.3, 0.4) is 0 Å². The molecule has 2 aliphatic heterocycles. The number of hydrogen-bond donors (Lipinski definition) is 0. The number of piperazine rings is 1. The smallest absolute Gasteiger partial charge is 0.245 e. The third-order valence-electron chi connectivity index (χ3n) is 5.56. The van der Waals surface area contributed by atoms with E-state index in [1.807, 2.05) is 43.0 Å². The molecule has 5 heteroatoms. The summed E-state index contributed by atoms with van der Waals surface area (Å²) < 4.78 is 0. The molecule has 2 fully saturated rings. The molecule has 2 saturated heterocycles. The zero-order valence-corrected chi connectivity index (χ0v) is 15.0. The fourth-order valence-corrected chi connectivity index (χ4v) is 3.86. The van der Waals surface area contributed by atoms with Crippen LogP contribution in [0.5, 0.6) is 0 Å². The molecule has 0 unspecified atom stereocenters. The Labute approximate surface area is 144 Å². The van der Waals surface area contributed by atoms with E-state index in [9.17, 15) is 9.59 Å². The first-order valence-electron chi connectivity index (χ1n) is 8.69. The normalized spacial score (nSPS) is 26.9. The van der Waals surface area contributed by atoms with Crippen molar-refractivity contribution in [3.63, 3.8) is 0 Å². The number of likely N-dealkylation sites (N-methyl/N-ethyl adjacent to an activating group) is 1. The van der Waals surface area contributed by atoms with Crippen molar-refractivity contribution in [2.24, 2.45) is 0 Å². The molecular formula is C19H27N3O2. The third kappa shape index (κ3) is 3.05. The van der Waals surface area contributed by atoms with Crippen molar-refractivity contribution >= 4 is 11.8 Å². The van der Waals surface area contributed by atoms with Crippen LogP contribution in [0.25, 0.3) is 0 Å². The van der Waals surface area contributed by atoms with Gasteiger partial charge >= 0.3 is 0 Å². The zero-order chi connectivity index (χ0) is 17.4. The van der Waals surface area contributed by atoms with Gasteiger partial charge in [0.25, 0.3) is 0 Å². The highest BCUT2D eigenvalue weighted by molar-refractivity contribution is 5.90. The lowest BCUT2D eigenvalue weighted by atomic mass is 10.0. The first-order chi connectivity index (χ1) is 11.4. The number of nitrogens with zero attached hydrogens (tertiary/aromatic N) is 3. The van der Waals surface area contributed by atoms with Gasteiger partial charge in [-0.05, 0) is 45.5 Å². The molecule has 0 radical (unpaired) electrons. The average molecular weight is 329 g/mol. The van der Waals surface area contributed by atoms with Gasteiger partial charge in [-0.25, -0.2) is 0 Å². The van der Waals surface area contributed by atoms with Crippen molar-refractivity contribution < 1.29 is 9.59 Å². The van der Waals surface area contributed by atoms with Crippen molar-refractivity contribution in [3.05, 3.63) is 35.4 Å². The summed E-state index contributed by atoms with van der Waals surface area (Å²) in [6.45, 7) is 5.31. The maximum Gasteiger partial charge on any atom is 0.245 e. The molecule has 0 bridgehead atoms. The van der Waals surface area contributed by atoms with E-state index < -0.39 is 0 Å². The van der Waals surface area contributed by atoms with Gasteiger partial charge in [0.15, 0.2) is 0 Å². The summed E-state index contributed by atoms with van der Waals surface area (Å²) in [5.41, 5.74) is 2.17. The van der Waals surface area contributed by atoms with Crippen LogP contribution in [-0.2, 0) is 16.0 Å². The second kappa shape index (κ2) is 6.55. The van der Waals surface area contributed by atoms with Crippen molar-refractivity contribution in [1.29, 1.82) is 0 Å². The maximum absolute atomic E-state index is 12.8. The first kappa shape index (κ1) is 17.0. The number of amides is 2. The van der Waals surface area contributed by atoms with Crippen LogP contribution in [0, 0.1) is 6.92 Å². The highest BCUT2D eigenvalue weighted by Gasteiger charge is 2.45. The Morgan fingerprint density at radius 2 is 1.96 bits per heavy atom. The molecule has 1 aromatic carbocycles. The van der Waals surface area contributed by atoms with Crippen LogP contribution in [-0.4, -0.2) is 71.8 Å². The minimum Gasteiger partial charge on any atom is -0.335 e. The lowest BCUT2D eigenvalue weighted by Gasteiger charge is -2.41. The van der Waals surface area contributed by atoms with Crippen LogP contribution in [0.1, 0.15) is 24.5 Å². The van der Waals surface area contributed by atoms with Crippen LogP contribution in [0.2, 0.25) is 0 Å². The molecule has 0 N–H and O–H groups in total. The van der Waals surface area contributed by atoms with Gasteiger partial charge in [0.2, 0.25) is 11.8 Å². The number of carbonyl (C=O) groups excluding carboxylic acids is 2. The summed E-state index contributed by atoms with van der Waals surface area (Å²) in [7, 11) is 4.11. The van der Waals surface area contributed by atoms with Gasteiger partial charge in [0.05, 0.1) is 12.5 Å². The fourth-order valence-electron chi connectivity index (χ4n) is 3.86. The standard InChI is InChI=1S/C19H27N3O2/c1-13-7-5-6-8-15(13)9-18(23)21-12-17-10-16(20(3)4)11-22(17)19(24)14(21)2/h5-8,14,16-17H,9-12H2,1-4H3/t14-,16-,17-/m0/s1. The Morgan fingerprint density at radius 3 is 2.62 bits per heavy atom. The van der Waals surface area contributed by atoms with E-state index in [0.29, 0.717) is 19.0 Å². The number of fused-ring (bicyclic) bond motifs is 1. The quantitative estimate of drug-likeness (QED) is 0.840. The highest BCUT2D eigenvalue weighted by atomic mass is 16.2. The Hall–Kier alpha value is -1.88. The Bertz CT molecular complexity index is 643. The van der Waals surface area contributed by atoms with E-state index in [-0.39, 0.29) is 23.9 Å². The van der Waals surface area contributed by atoms with E-state index in [4.69, 9.17) is 0 Å². The van der Waals surface area contributed by atoms with E-state index in [1.54, 1.807) is 4.90 Å². The largest absolute Gasteiger partial charge is 0.335 e. The topological polar surface area (TPSA) is 43.9 Å². The summed E-state index contributed by atoms with van der Waals surface area (Å²) in [5.74, 6) is 0.145. The number of rotatable bonds is 3. The predicted octanol–water partition coefficient (Wildman–Crippen LogP) is 1.30. The number of aryl methyl sites for hydroxylation is 1. The molecule has 24 heavy (non-hydrogen) atoms. The monoisotopic (exact) mass is 329 g/mol. The van der Waals surface area contributed by atoms with Crippen molar-refractivity contribution in [1.82, 2.24) is 14.7 Å². The summed E-state index contributed by atoms with van der Waals surface area (Å²) in [6, 6.07) is 8.13. The zero-order valence-electron chi connectivity index (χ0n) is 15.0. The van der Waals surface area contributed by atoms with E-state index in [2.05, 4.69) is 19.0 Å². The summed E-state index contributed by atoms with van der Waals surface area (Å²) in [4.78, 5) is 31.5. The van der Waals surface area contributed by atoms with Crippen LogP contribution in [0.15, 0.2) is 24.3 Å². The van der Waals surface area contributed by atoms with Gasteiger partial charge in [-0.15, -0.1) is 0 Å². The molecule has 2 amide bonds.